The molecule has 1 aromatic heterocycles. The van der Waals surface area contributed by atoms with Crippen LogP contribution in [0.4, 0.5) is 5.13 Å². The highest BCUT2D eigenvalue weighted by Gasteiger charge is 2.38. The molecule has 0 N–H and O–H groups in total. The number of carbonyl (C=O) groups is 1. The molecule has 0 unspecified atom stereocenters. The first-order chi connectivity index (χ1) is 9.81. The van der Waals surface area contributed by atoms with Crippen molar-refractivity contribution in [1.29, 1.82) is 0 Å². The van der Waals surface area contributed by atoms with Crippen molar-refractivity contribution in [3.63, 3.8) is 0 Å². The summed E-state index contributed by atoms with van der Waals surface area (Å²) in [7, 11) is 0. The van der Waals surface area contributed by atoms with E-state index < -0.39 is 0 Å². The molecule has 2 aliphatic heterocycles. The molecule has 1 aliphatic carbocycles. The fourth-order valence-corrected chi connectivity index (χ4v) is 4.04. The molecule has 2 saturated heterocycles. The van der Waals surface area contributed by atoms with Gasteiger partial charge in [-0.2, -0.15) is 0 Å². The van der Waals surface area contributed by atoms with Crippen LogP contribution in [0.1, 0.15) is 43.0 Å². The summed E-state index contributed by atoms with van der Waals surface area (Å²) in [6.07, 6.45) is 6.15. The Morgan fingerprint density at radius 1 is 1.10 bits per heavy atom. The maximum Gasteiger partial charge on any atom is 0.229 e. The third-order valence-electron chi connectivity index (χ3n) is 4.53. The van der Waals surface area contributed by atoms with Crippen LogP contribution in [0.15, 0.2) is 0 Å². The summed E-state index contributed by atoms with van der Waals surface area (Å²) in [6.45, 7) is 3.57. The summed E-state index contributed by atoms with van der Waals surface area (Å²) >= 11 is 1.72. The Kier molecular flexibility index (Phi) is 3.13. The molecule has 0 spiro atoms. The molecular weight excluding hydrogens is 272 g/mol. The normalized spacial score (nSPS) is 23.8. The minimum absolute atomic E-state index is 0.182. The number of likely N-dealkylation sites (tertiary alicyclic amines) is 1. The van der Waals surface area contributed by atoms with Crippen LogP contribution in [0, 0.1) is 5.92 Å². The fraction of sp³-hybridized carbons (Fsp3) is 0.786. The van der Waals surface area contributed by atoms with Crippen molar-refractivity contribution in [2.45, 2.75) is 38.0 Å². The monoisotopic (exact) mass is 292 g/mol. The van der Waals surface area contributed by atoms with Gasteiger partial charge in [-0.3, -0.25) is 4.79 Å². The second kappa shape index (κ2) is 4.98. The summed E-state index contributed by atoms with van der Waals surface area (Å²) < 4.78 is 0. The maximum absolute atomic E-state index is 12.3. The predicted molar refractivity (Wildman–Crippen MR) is 78.0 cm³/mol. The average Bonchev–Trinajstić information content (AvgIpc) is 3.18. The second-order valence-corrected chi connectivity index (χ2v) is 7.17. The fourth-order valence-electron chi connectivity index (χ4n) is 3.01. The highest BCUT2D eigenvalue weighted by atomic mass is 32.1. The first-order valence-corrected chi connectivity index (χ1v) is 8.50. The third-order valence-corrected chi connectivity index (χ3v) is 5.67. The van der Waals surface area contributed by atoms with Crippen LogP contribution in [0.25, 0.3) is 0 Å². The van der Waals surface area contributed by atoms with Crippen LogP contribution in [0.3, 0.4) is 0 Å². The van der Waals surface area contributed by atoms with E-state index in [0.717, 1.165) is 31.3 Å². The summed E-state index contributed by atoms with van der Waals surface area (Å²) in [4.78, 5) is 16.6. The number of piperidine rings is 1. The van der Waals surface area contributed by atoms with Gasteiger partial charge in [0, 0.05) is 32.1 Å². The van der Waals surface area contributed by atoms with Gasteiger partial charge in [0.1, 0.15) is 5.01 Å². The Morgan fingerprint density at radius 2 is 1.85 bits per heavy atom. The first kappa shape index (κ1) is 12.6. The molecule has 108 valence electrons. The maximum atomic E-state index is 12.3. The smallest absolute Gasteiger partial charge is 0.229 e. The number of amides is 1. The molecule has 1 saturated carbocycles. The highest BCUT2D eigenvalue weighted by molar-refractivity contribution is 7.15. The zero-order valence-electron chi connectivity index (χ0n) is 11.6. The van der Waals surface area contributed by atoms with E-state index >= 15 is 0 Å². The quantitative estimate of drug-likeness (QED) is 0.853. The van der Waals surface area contributed by atoms with Crippen LogP contribution < -0.4 is 4.90 Å². The van der Waals surface area contributed by atoms with Crippen molar-refractivity contribution < 1.29 is 4.79 Å². The van der Waals surface area contributed by atoms with Crippen LogP contribution in [-0.4, -0.2) is 47.2 Å². The highest BCUT2D eigenvalue weighted by Crippen LogP contribution is 2.43. The van der Waals surface area contributed by atoms with Gasteiger partial charge in [-0.15, -0.1) is 10.2 Å². The van der Waals surface area contributed by atoms with E-state index in [1.54, 1.807) is 11.3 Å². The Labute approximate surface area is 123 Å². The minimum Gasteiger partial charge on any atom is -0.345 e. The van der Waals surface area contributed by atoms with Crippen LogP contribution in [0.5, 0.6) is 0 Å². The number of hydrogen-bond donors (Lipinski definition) is 0. The first-order valence-electron chi connectivity index (χ1n) is 7.68. The van der Waals surface area contributed by atoms with E-state index in [1.807, 2.05) is 0 Å². The molecule has 0 bridgehead atoms. The second-order valence-electron chi connectivity index (χ2n) is 6.18. The largest absolute Gasteiger partial charge is 0.345 e. The van der Waals surface area contributed by atoms with Crippen molar-refractivity contribution in [2.24, 2.45) is 5.92 Å². The summed E-state index contributed by atoms with van der Waals surface area (Å²) in [6, 6.07) is 0. The van der Waals surface area contributed by atoms with E-state index in [4.69, 9.17) is 0 Å². The van der Waals surface area contributed by atoms with Crippen molar-refractivity contribution in [3.8, 4) is 0 Å². The average molecular weight is 292 g/mol. The van der Waals surface area contributed by atoms with Crippen molar-refractivity contribution in [1.82, 2.24) is 15.1 Å². The Hall–Kier alpha value is -1.17. The van der Waals surface area contributed by atoms with E-state index in [1.165, 1.54) is 37.1 Å². The Morgan fingerprint density at radius 3 is 2.55 bits per heavy atom. The van der Waals surface area contributed by atoms with Gasteiger partial charge >= 0.3 is 0 Å². The molecule has 20 heavy (non-hydrogen) atoms. The van der Waals surface area contributed by atoms with E-state index in [2.05, 4.69) is 20.0 Å². The lowest BCUT2D eigenvalue weighted by molar-refractivity contribution is -0.137. The number of carbonyl (C=O) groups excluding carboxylic acids is 1. The molecule has 0 atom stereocenters. The summed E-state index contributed by atoms with van der Waals surface area (Å²) in [5.41, 5.74) is 0. The number of aromatic nitrogens is 2. The number of hydrogen-bond acceptors (Lipinski definition) is 5. The molecule has 5 nitrogen and oxygen atoms in total. The number of nitrogens with zero attached hydrogens (tertiary/aromatic N) is 4. The molecule has 3 heterocycles. The molecule has 4 rings (SSSR count). The zero-order valence-corrected chi connectivity index (χ0v) is 12.4. The third kappa shape index (κ3) is 2.30. The van der Waals surface area contributed by atoms with E-state index in [9.17, 15) is 4.79 Å². The van der Waals surface area contributed by atoms with Crippen LogP contribution >= 0.6 is 11.3 Å². The molecule has 1 aromatic rings. The van der Waals surface area contributed by atoms with Gasteiger partial charge in [0.15, 0.2) is 0 Å². The van der Waals surface area contributed by atoms with Gasteiger partial charge in [0.2, 0.25) is 11.0 Å². The molecule has 6 heteroatoms. The van der Waals surface area contributed by atoms with Gasteiger partial charge < -0.3 is 9.80 Å². The van der Waals surface area contributed by atoms with Crippen LogP contribution in [0.2, 0.25) is 0 Å². The molecule has 0 aromatic carbocycles. The molecular formula is C14H20N4OS. The van der Waals surface area contributed by atoms with E-state index in [0.29, 0.717) is 11.8 Å². The van der Waals surface area contributed by atoms with Gasteiger partial charge in [0.25, 0.3) is 0 Å². The van der Waals surface area contributed by atoms with Crippen LogP contribution in [-0.2, 0) is 4.79 Å². The van der Waals surface area contributed by atoms with E-state index in [-0.39, 0.29) is 5.92 Å². The SMILES string of the molecule is O=C(C1CN(c2nnc(C3CC3)s2)C1)N1CCCCC1. The summed E-state index contributed by atoms with van der Waals surface area (Å²) in [5, 5.41) is 10.7. The number of anilines is 1. The van der Waals surface area contributed by atoms with Crippen molar-refractivity contribution in [3.05, 3.63) is 5.01 Å². The molecule has 3 fully saturated rings. The van der Waals surface area contributed by atoms with Gasteiger partial charge in [0.05, 0.1) is 5.92 Å². The van der Waals surface area contributed by atoms with Crippen molar-refractivity contribution >= 4 is 22.4 Å². The molecule has 1 amide bonds. The zero-order chi connectivity index (χ0) is 13.5. The Balaban J connectivity index is 1.32. The van der Waals surface area contributed by atoms with Crippen molar-refractivity contribution in [2.75, 3.05) is 31.1 Å². The number of rotatable bonds is 3. The molecule has 3 aliphatic rings. The lowest BCUT2D eigenvalue weighted by atomic mass is 9.98. The minimum atomic E-state index is 0.182. The molecule has 0 radical (unpaired) electrons. The summed E-state index contributed by atoms with van der Waals surface area (Å²) in [5.74, 6) is 1.21. The lowest BCUT2D eigenvalue weighted by Gasteiger charge is -2.41. The van der Waals surface area contributed by atoms with Gasteiger partial charge in [-0.05, 0) is 32.1 Å². The predicted octanol–water partition coefficient (Wildman–Crippen LogP) is 1.86. The standard InChI is InChI=1S/C14H20N4OS/c19-13(17-6-2-1-3-7-17)11-8-18(9-11)14-16-15-12(20-14)10-4-5-10/h10-11H,1-9H2. The lowest BCUT2D eigenvalue weighted by Crippen LogP contribution is -2.55. The van der Waals surface area contributed by atoms with Gasteiger partial charge in [-0.1, -0.05) is 11.3 Å². The van der Waals surface area contributed by atoms with Gasteiger partial charge in [-0.25, -0.2) is 0 Å². The topological polar surface area (TPSA) is 49.3 Å². The Bertz CT molecular complexity index is 501.